The smallest absolute Gasteiger partial charge is 0.338 e. The third-order valence-corrected chi connectivity index (χ3v) is 4.89. The van der Waals surface area contributed by atoms with Gasteiger partial charge in [0.05, 0.1) is 10.5 Å². The van der Waals surface area contributed by atoms with Gasteiger partial charge in [0, 0.05) is 25.2 Å². The van der Waals surface area contributed by atoms with Gasteiger partial charge in [-0.25, -0.2) is 4.79 Å². The van der Waals surface area contributed by atoms with E-state index in [0.29, 0.717) is 17.5 Å². The summed E-state index contributed by atoms with van der Waals surface area (Å²) in [6.45, 7) is 5.37. The van der Waals surface area contributed by atoms with Crippen molar-refractivity contribution < 1.29 is 19.2 Å². The number of ether oxygens (including phenoxy) is 1. The second-order valence-electron chi connectivity index (χ2n) is 7.73. The molecule has 2 aliphatic rings. The Morgan fingerprint density at radius 1 is 1.26 bits per heavy atom. The summed E-state index contributed by atoms with van der Waals surface area (Å²) in [4.78, 5) is 36.9. The number of anilines is 1. The van der Waals surface area contributed by atoms with Crippen LogP contribution in [0.1, 0.15) is 43.5 Å². The van der Waals surface area contributed by atoms with Crippen LogP contribution in [0.25, 0.3) is 0 Å². The van der Waals surface area contributed by atoms with E-state index in [0.717, 1.165) is 32.4 Å². The number of rotatable bonds is 6. The minimum atomic E-state index is -0.740. The second kappa shape index (κ2) is 7.94. The lowest BCUT2D eigenvalue weighted by Gasteiger charge is -2.36. The number of piperidine rings is 1. The molecule has 2 atom stereocenters. The number of nitro benzene ring substituents is 1. The van der Waals surface area contributed by atoms with Crippen molar-refractivity contribution >= 4 is 23.3 Å². The largest absolute Gasteiger partial charge is 0.452 e. The van der Waals surface area contributed by atoms with Gasteiger partial charge in [-0.2, -0.15) is 0 Å². The first-order chi connectivity index (χ1) is 12.8. The maximum atomic E-state index is 12.2. The van der Waals surface area contributed by atoms with Crippen LogP contribution in [-0.4, -0.2) is 42.5 Å². The normalized spacial score (nSPS) is 22.2. The molecule has 1 amide bonds. The molecule has 1 aromatic rings. The minimum absolute atomic E-state index is 0.0720. The highest BCUT2D eigenvalue weighted by Gasteiger charge is 2.28. The Bertz CT molecular complexity index is 737. The molecule has 0 aromatic heterocycles. The van der Waals surface area contributed by atoms with Crippen LogP contribution in [0.15, 0.2) is 18.2 Å². The van der Waals surface area contributed by atoms with Crippen LogP contribution in [0.5, 0.6) is 0 Å². The second-order valence-corrected chi connectivity index (χ2v) is 7.73. The molecule has 1 heterocycles. The maximum absolute atomic E-state index is 12.2. The van der Waals surface area contributed by atoms with E-state index in [4.69, 9.17) is 4.74 Å². The van der Waals surface area contributed by atoms with E-state index in [1.807, 2.05) is 4.90 Å². The summed E-state index contributed by atoms with van der Waals surface area (Å²) < 4.78 is 4.99. The molecule has 1 saturated carbocycles. The number of carbonyl (C=O) groups excluding carboxylic acids is 2. The number of nitrogens with one attached hydrogen (secondary N) is 1. The van der Waals surface area contributed by atoms with E-state index in [1.165, 1.54) is 12.1 Å². The maximum Gasteiger partial charge on any atom is 0.338 e. The fourth-order valence-electron chi connectivity index (χ4n) is 3.64. The Labute approximate surface area is 158 Å². The van der Waals surface area contributed by atoms with Gasteiger partial charge >= 0.3 is 5.97 Å². The van der Waals surface area contributed by atoms with E-state index >= 15 is 0 Å². The number of carbonyl (C=O) groups is 2. The summed E-state index contributed by atoms with van der Waals surface area (Å²) in [7, 11) is 0. The SMILES string of the molecule is CC1CC(C)CN(c2ccc(C(=O)OCC(=O)NC3CC3)cc2[N+](=O)[O-])C1. The van der Waals surface area contributed by atoms with E-state index in [-0.39, 0.29) is 29.8 Å². The molecule has 8 heteroatoms. The van der Waals surface area contributed by atoms with Crippen molar-refractivity contribution in [3.05, 3.63) is 33.9 Å². The molecule has 0 bridgehead atoms. The average molecular weight is 375 g/mol. The van der Waals surface area contributed by atoms with Crippen molar-refractivity contribution in [3.63, 3.8) is 0 Å². The molecule has 1 N–H and O–H groups in total. The number of amides is 1. The van der Waals surface area contributed by atoms with Crippen LogP contribution in [-0.2, 0) is 9.53 Å². The van der Waals surface area contributed by atoms with Crippen LogP contribution >= 0.6 is 0 Å². The Kier molecular flexibility index (Phi) is 5.62. The summed E-state index contributed by atoms with van der Waals surface area (Å²) in [6.07, 6.45) is 2.99. The lowest BCUT2D eigenvalue weighted by atomic mass is 9.91. The number of nitrogens with zero attached hydrogens (tertiary/aromatic N) is 2. The van der Waals surface area contributed by atoms with E-state index in [9.17, 15) is 19.7 Å². The number of benzene rings is 1. The van der Waals surface area contributed by atoms with Crippen molar-refractivity contribution in [3.8, 4) is 0 Å². The van der Waals surface area contributed by atoms with Crippen molar-refractivity contribution in [2.24, 2.45) is 11.8 Å². The molecule has 3 rings (SSSR count). The molecule has 146 valence electrons. The first-order valence-corrected chi connectivity index (χ1v) is 9.33. The van der Waals surface area contributed by atoms with Crippen LogP contribution < -0.4 is 10.2 Å². The zero-order valence-electron chi connectivity index (χ0n) is 15.6. The van der Waals surface area contributed by atoms with Crippen LogP contribution in [0.4, 0.5) is 11.4 Å². The Hall–Kier alpha value is -2.64. The average Bonchev–Trinajstić information content (AvgIpc) is 3.42. The van der Waals surface area contributed by atoms with Crippen molar-refractivity contribution in [2.75, 3.05) is 24.6 Å². The summed E-state index contributed by atoms with van der Waals surface area (Å²) in [5, 5.41) is 14.3. The van der Waals surface area contributed by atoms with Gasteiger partial charge in [-0.1, -0.05) is 13.8 Å². The molecule has 0 radical (unpaired) electrons. The van der Waals surface area contributed by atoms with E-state index in [2.05, 4.69) is 19.2 Å². The predicted molar refractivity (Wildman–Crippen MR) is 99.7 cm³/mol. The van der Waals surface area contributed by atoms with Gasteiger partial charge in [0.15, 0.2) is 6.61 Å². The summed E-state index contributed by atoms with van der Waals surface area (Å²) in [6, 6.07) is 4.54. The highest BCUT2D eigenvalue weighted by Crippen LogP contribution is 2.34. The van der Waals surface area contributed by atoms with Gasteiger partial charge in [-0.3, -0.25) is 14.9 Å². The number of nitro groups is 1. The van der Waals surface area contributed by atoms with Gasteiger partial charge < -0.3 is 15.0 Å². The van der Waals surface area contributed by atoms with Crippen LogP contribution in [0.3, 0.4) is 0 Å². The lowest BCUT2D eigenvalue weighted by molar-refractivity contribution is -0.384. The first-order valence-electron chi connectivity index (χ1n) is 9.33. The molecule has 1 aliphatic heterocycles. The molecule has 1 saturated heterocycles. The first kappa shape index (κ1) is 19.1. The molecule has 8 nitrogen and oxygen atoms in total. The topological polar surface area (TPSA) is 102 Å². The van der Waals surface area contributed by atoms with Crippen molar-refractivity contribution in [1.29, 1.82) is 0 Å². The number of hydrogen-bond donors (Lipinski definition) is 1. The third-order valence-electron chi connectivity index (χ3n) is 4.89. The molecule has 0 spiro atoms. The molecule has 27 heavy (non-hydrogen) atoms. The van der Waals surface area contributed by atoms with Crippen molar-refractivity contribution in [1.82, 2.24) is 5.32 Å². The van der Waals surface area contributed by atoms with Crippen LogP contribution in [0.2, 0.25) is 0 Å². The highest BCUT2D eigenvalue weighted by atomic mass is 16.6. The summed E-state index contributed by atoms with van der Waals surface area (Å²) in [5.41, 5.74) is 0.470. The van der Waals surface area contributed by atoms with Gasteiger partial charge in [0.2, 0.25) is 0 Å². The summed E-state index contributed by atoms with van der Waals surface area (Å²) >= 11 is 0. The lowest BCUT2D eigenvalue weighted by Crippen LogP contribution is -2.39. The standard InChI is InChI=1S/C19H25N3O5/c1-12-7-13(2)10-21(9-12)16-6-3-14(8-17(16)22(25)26)19(24)27-11-18(23)20-15-4-5-15/h3,6,8,12-13,15H,4-5,7,9-11H2,1-2H3,(H,20,23). The molecule has 2 unspecified atom stereocenters. The molecule has 1 aliphatic carbocycles. The van der Waals surface area contributed by atoms with Crippen LogP contribution in [0, 0.1) is 22.0 Å². The third kappa shape index (κ3) is 4.96. The van der Waals surface area contributed by atoms with Gasteiger partial charge in [0.25, 0.3) is 11.6 Å². The van der Waals surface area contributed by atoms with Gasteiger partial charge in [-0.05, 0) is 43.2 Å². The van der Waals surface area contributed by atoms with E-state index < -0.39 is 10.9 Å². The Morgan fingerprint density at radius 2 is 1.93 bits per heavy atom. The number of esters is 1. The minimum Gasteiger partial charge on any atom is -0.452 e. The van der Waals surface area contributed by atoms with Gasteiger partial charge in [0.1, 0.15) is 5.69 Å². The Balaban J connectivity index is 1.71. The zero-order valence-corrected chi connectivity index (χ0v) is 15.6. The molecule has 1 aromatic carbocycles. The highest BCUT2D eigenvalue weighted by molar-refractivity contribution is 5.93. The fraction of sp³-hybridized carbons (Fsp3) is 0.579. The molecular formula is C19H25N3O5. The Morgan fingerprint density at radius 3 is 2.52 bits per heavy atom. The number of hydrogen-bond acceptors (Lipinski definition) is 6. The predicted octanol–water partition coefficient (Wildman–Crippen LogP) is 2.51. The van der Waals surface area contributed by atoms with E-state index in [1.54, 1.807) is 6.07 Å². The van der Waals surface area contributed by atoms with Crippen molar-refractivity contribution in [2.45, 2.75) is 39.2 Å². The quantitative estimate of drug-likeness (QED) is 0.466. The zero-order chi connectivity index (χ0) is 19.6. The molecule has 2 fully saturated rings. The monoisotopic (exact) mass is 375 g/mol. The van der Waals surface area contributed by atoms with Gasteiger partial charge in [-0.15, -0.1) is 0 Å². The molecular weight excluding hydrogens is 350 g/mol. The fourth-order valence-corrected chi connectivity index (χ4v) is 3.64. The summed E-state index contributed by atoms with van der Waals surface area (Å²) in [5.74, 6) is -0.199.